The number of piperidine rings is 1. The van der Waals surface area contributed by atoms with Crippen molar-refractivity contribution in [2.24, 2.45) is 7.05 Å². The van der Waals surface area contributed by atoms with Crippen molar-refractivity contribution < 1.29 is 23.8 Å². The van der Waals surface area contributed by atoms with Gasteiger partial charge < -0.3 is 24.4 Å². The van der Waals surface area contributed by atoms with Crippen LogP contribution in [0.2, 0.25) is 0 Å². The lowest BCUT2D eigenvalue weighted by atomic mass is 9.98. The normalized spacial score (nSPS) is 17.9. The molecule has 0 radical (unpaired) electrons. The van der Waals surface area contributed by atoms with Gasteiger partial charge in [-0.05, 0) is 53.5 Å². The Bertz CT molecular complexity index is 1330. The molecule has 11 heteroatoms. The molecule has 2 aromatic heterocycles. The Labute approximate surface area is 222 Å². The lowest BCUT2D eigenvalue weighted by molar-refractivity contribution is 0.00959. The Hall–Kier alpha value is -3.73. The number of ether oxygens (including phenoxy) is 3. The van der Waals surface area contributed by atoms with Crippen LogP contribution in [0.3, 0.4) is 0 Å². The van der Waals surface area contributed by atoms with Crippen LogP contribution < -0.4 is 10.1 Å². The van der Waals surface area contributed by atoms with E-state index in [4.69, 9.17) is 14.2 Å². The smallest absolute Gasteiger partial charge is 0.410 e. The number of nitrogens with one attached hydrogen (secondary N) is 1. The second-order valence-electron chi connectivity index (χ2n) is 10.7. The third-order valence-electron chi connectivity index (χ3n) is 6.36. The van der Waals surface area contributed by atoms with Crippen molar-refractivity contribution in [3.05, 3.63) is 35.8 Å². The van der Waals surface area contributed by atoms with Crippen LogP contribution in [-0.2, 0) is 16.5 Å². The van der Waals surface area contributed by atoms with Gasteiger partial charge in [0.05, 0.1) is 22.3 Å². The molecule has 2 amide bonds. The summed E-state index contributed by atoms with van der Waals surface area (Å²) >= 11 is 0. The number of aryl methyl sites for hydroxylation is 2. The fourth-order valence-corrected chi connectivity index (χ4v) is 4.57. The lowest BCUT2D eigenvalue weighted by Crippen LogP contribution is -2.52. The number of fused-ring (bicyclic) bond motifs is 1. The molecule has 3 aromatic rings. The van der Waals surface area contributed by atoms with Crippen molar-refractivity contribution in [1.29, 1.82) is 0 Å². The van der Waals surface area contributed by atoms with E-state index in [0.29, 0.717) is 47.8 Å². The average molecular weight is 525 g/mol. The molecule has 1 N–H and O–H groups in total. The highest BCUT2D eigenvalue weighted by Crippen LogP contribution is 2.32. The van der Waals surface area contributed by atoms with E-state index < -0.39 is 5.60 Å². The third-order valence-corrected chi connectivity index (χ3v) is 6.36. The average Bonchev–Trinajstić information content (AvgIpc) is 3.19. The zero-order valence-electron chi connectivity index (χ0n) is 23.1. The molecule has 1 aliphatic heterocycles. The molecule has 0 saturated carbocycles. The van der Waals surface area contributed by atoms with Gasteiger partial charge in [-0.1, -0.05) is 0 Å². The van der Waals surface area contributed by atoms with Crippen molar-refractivity contribution in [2.45, 2.75) is 65.1 Å². The van der Waals surface area contributed by atoms with Crippen LogP contribution in [0, 0.1) is 6.92 Å². The van der Waals surface area contributed by atoms with Crippen LogP contribution in [0.4, 0.5) is 4.79 Å². The van der Waals surface area contributed by atoms with Crippen LogP contribution in [-0.4, -0.2) is 74.8 Å². The van der Waals surface area contributed by atoms with Crippen molar-refractivity contribution in [3.8, 4) is 17.1 Å². The summed E-state index contributed by atoms with van der Waals surface area (Å²) in [5, 5.41) is 8.44. The molecule has 0 unspecified atom stereocenters. The molecule has 1 fully saturated rings. The molecule has 1 aliphatic rings. The fraction of sp³-hybridized carbons (Fsp3) is 0.519. The number of hydrogen-bond donors (Lipinski definition) is 1. The van der Waals surface area contributed by atoms with E-state index in [1.165, 1.54) is 0 Å². The largest absolute Gasteiger partial charge is 0.467 e. The van der Waals surface area contributed by atoms with E-state index in [1.54, 1.807) is 29.8 Å². The van der Waals surface area contributed by atoms with Crippen LogP contribution in [0.1, 0.15) is 56.6 Å². The van der Waals surface area contributed by atoms with Crippen molar-refractivity contribution in [1.82, 2.24) is 30.0 Å². The second kappa shape index (κ2) is 10.9. The zero-order chi connectivity index (χ0) is 27.6. The summed E-state index contributed by atoms with van der Waals surface area (Å²) in [6, 6.07) is 3.61. The highest BCUT2D eigenvalue weighted by atomic mass is 16.7. The number of nitrogens with zero attached hydrogens (tertiary/aromatic N) is 5. The van der Waals surface area contributed by atoms with E-state index in [1.807, 2.05) is 53.1 Å². The van der Waals surface area contributed by atoms with Crippen LogP contribution in [0.15, 0.2) is 24.5 Å². The predicted molar refractivity (Wildman–Crippen MR) is 142 cm³/mol. The molecule has 1 saturated heterocycles. The highest BCUT2D eigenvalue weighted by Gasteiger charge is 2.32. The molecule has 204 valence electrons. The number of aromatic nitrogens is 4. The SMILES string of the molecule is COCOc1cc2nn(C)cc2cc1-c1ncc(C(=O)N[C@H]2CCN(C(=O)OC(C)(C)C)[C@@H](C)C2)c(C)n1. The van der Waals surface area contributed by atoms with Gasteiger partial charge in [0.1, 0.15) is 11.4 Å². The first-order valence-electron chi connectivity index (χ1n) is 12.7. The number of rotatable bonds is 6. The van der Waals surface area contributed by atoms with E-state index in [0.717, 1.165) is 10.9 Å². The molecule has 1 aromatic carbocycles. The first-order valence-corrected chi connectivity index (χ1v) is 12.7. The van der Waals surface area contributed by atoms with Gasteiger partial charge in [-0.2, -0.15) is 5.10 Å². The number of likely N-dealkylation sites (tertiary alicyclic amines) is 1. The van der Waals surface area contributed by atoms with Crippen LogP contribution in [0.25, 0.3) is 22.3 Å². The lowest BCUT2D eigenvalue weighted by Gasteiger charge is -2.38. The van der Waals surface area contributed by atoms with Gasteiger partial charge in [0.25, 0.3) is 5.91 Å². The molecule has 38 heavy (non-hydrogen) atoms. The first-order chi connectivity index (χ1) is 17.9. The number of methoxy groups -OCH3 is 1. The maximum atomic E-state index is 13.1. The molecule has 3 heterocycles. The minimum atomic E-state index is -0.550. The summed E-state index contributed by atoms with van der Waals surface area (Å²) in [4.78, 5) is 36.5. The molecule has 0 aliphatic carbocycles. The molecule has 4 rings (SSSR count). The van der Waals surface area contributed by atoms with E-state index >= 15 is 0 Å². The standard InChI is InChI=1S/C27H36N6O5/c1-16-10-19(8-9-33(16)26(35)38-27(3,4)5)30-25(34)21-13-28-24(29-17(21)2)20-11-18-14-32(6)31-22(18)12-23(20)37-15-36-7/h11-14,16,19H,8-10,15H2,1-7H3,(H,30,34)/t16-,19-/m0/s1. The van der Waals surface area contributed by atoms with Gasteiger partial charge in [-0.15, -0.1) is 0 Å². The number of amides is 2. The minimum absolute atomic E-state index is 0.0588. The van der Waals surface area contributed by atoms with Gasteiger partial charge in [-0.25, -0.2) is 14.8 Å². The topological polar surface area (TPSA) is 121 Å². The summed E-state index contributed by atoms with van der Waals surface area (Å²) in [5.74, 6) is 0.742. The van der Waals surface area contributed by atoms with E-state index in [9.17, 15) is 9.59 Å². The molecule has 0 bridgehead atoms. The monoisotopic (exact) mass is 524 g/mol. The van der Waals surface area contributed by atoms with Crippen molar-refractivity contribution in [2.75, 3.05) is 20.4 Å². The van der Waals surface area contributed by atoms with Gasteiger partial charge in [-0.3, -0.25) is 9.48 Å². The Morgan fingerprint density at radius 2 is 2.00 bits per heavy atom. The molecule has 0 spiro atoms. The molecule has 11 nitrogen and oxygen atoms in total. The predicted octanol–water partition coefficient (Wildman–Crippen LogP) is 3.84. The molecular formula is C27H36N6O5. The maximum Gasteiger partial charge on any atom is 0.410 e. The van der Waals surface area contributed by atoms with Gasteiger partial charge in [0, 0.05) is 56.6 Å². The van der Waals surface area contributed by atoms with E-state index in [2.05, 4.69) is 20.4 Å². The quantitative estimate of drug-likeness (QED) is 0.483. The van der Waals surface area contributed by atoms with Crippen molar-refractivity contribution >= 4 is 22.9 Å². The number of benzene rings is 1. The highest BCUT2D eigenvalue weighted by molar-refractivity contribution is 5.95. The Morgan fingerprint density at radius 1 is 1.24 bits per heavy atom. The summed E-state index contributed by atoms with van der Waals surface area (Å²) in [7, 11) is 3.40. The Balaban J connectivity index is 1.48. The molecular weight excluding hydrogens is 488 g/mol. The first kappa shape index (κ1) is 27.3. The molecule has 2 atom stereocenters. The second-order valence-corrected chi connectivity index (χ2v) is 10.7. The Kier molecular flexibility index (Phi) is 7.86. The number of carbonyl (C=O) groups excluding carboxylic acids is 2. The van der Waals surface area contributed by atoms with Crippen LogP contribution in [0.5, 0.6) is 5.75 Å². The summed E-state index contributed by atoms with van der Waals surface area (Å²) in [5.41, 5.74) is 1.86. The maximum absolute atomic E-state index is 13.1. The van der Waals surface area contributed by atoms with Gasteiger partial charge in [0.15, 0.2) is 12.6 Å². The third kappa shape index (κ3) is 6.21. The van der Waals surface area contributed by atoms with Gasteiger partial charge in [0.2, 0.25) is 0 Å². The van der Waals surface area contributed by atoms with Gasteiger partial charge >= 0.3 is 6.09 Å². The van der Waals surface area contributed by atoms with Crippen molar-refractivity contribution in [3.63, 3.8) is 0 Å². The summed E-state index contributed by atoms with van der Waals surface area (Å²) in [6.07, 6.45) is 4.39. The Morgan fingerprint density at radius 3 is 2.66 bits per heavy atom. The van der Waals surface area contributed by atoms with Crippen LogP contribution >= 0.6 is 0 Å². The minimum Gasteiger partial charge on any atom is -0.467 e. The zero-order valence-corrected chi connectivity index (χ0v) is 23.1. The summed E-state index contributed by atoms with van der Waals surface area (Å²) in [6.45, 7) is 9.88. The fourth-order valence-electron chi connectivity index (χ4n) is 4.57. The summed E-state index contributed by atoms with van der Waals surface area (Å²) < 4.78 is 18.1. The number of hydrogen-bond acceptors (Lipinski definition) is 8. The van der Waals surface area contributed by atoms with E-state index in [-0.39, 0.29) is 30.9 Å². The number of carbonyl (C=O) groups is 2.